The van der Waals surface area contributed by atoms with Crippen molar-refractivity contribution < 1.29 is 14.3 Å². The molecule has 4 heteroatoms. The number of unbranched alkanes of at least 4 members (excludes halogenated alkanes) is 1. The molecule has 0 bridgehead atoms. The molecule has 1 rings (SSSR count). The third kappa shape index (κ3) is 7.21. The largest absolute Gasteiger partial charge is 0.446 e. The van der Waals surface area contributed by atoms with E-state index in [1.165, 1.54) is 19.3 Å². The highest BCUT2D eigenvalue weighted by atomic mass is 16.6. The van der Waals surface area contributed by atoms with Gasteiger partial charge in [-0.05, 0) is 32.1 Å². The Morgan fingerprint density at radius 3 is 2.71 bits per heavy atom. The topological polar surface area (TPSA) is 47.6 Å². The lowest BCUT2D eigenvalue weighted by molar-refractivity contribution is 0.0712. The lowest BCUT2D eigenvalue weighted by Gasteiger charge is -2.21. The first-order chi connectivity index (χ1) is 8.33. The fourth-order valence-corrected chi connectivity index (χ4v) is 1.95. The molecular formula is C13H25NO3. The van der Waals surface area contributed by atoms with E-state index < -0.39 is 0 Å². The summed E-state index contributed by atoms with van der Waals surface area (Å²) in [5.41, 5.74) is 0. The number of amides is 1. The summed E-state index contributed by atoms with van der Waals surface area (Å²) in [6.45, 7) is 4.01. The van der Waals surface area contributed by atoms with Crippen molar-refractivity contribution in [2.24, 2.45) is 0 Å². The van der Waals surface area contributed by atoms with Crippen molar-refractivity contribution in [1.82, 2.24) is 5.32 Å². The van der Waals surface area contributed by atoms with E-state index in [2.05, 4.69) is 12.2 Å². The smallest absolute Gasteiger partial charge is 0.407 e. The van der Waals surface area contributed by atoms with Crippen molar-refractivity contribution in [3.63, 3.8) is 0 Å². The first kappa shape index (κ1) is 14.3. The van der Waals surface area contributed by atoms with Gasteiger partial charge in [-0.15, -0.1) is 0 Å². The average Bonchev–Trinajstić information content (AvgIpc) is 2.35. The van der Waals surface area contributed by atoms with Gasteiger partial charge in [0.25, 0.3) is 0 Å². The number of hydrogen-bond acceptors (Lipinski definition) is 3. The second kappa shape index (κ2) is 9.28. The summed E-state index contributed by atoms with van der Waals surface area (Å²) in [6.07, 6.45) is 7.70. The molecule has 1 amide bonds. The normalized spacial score (nSPS) is 16.8. The maximum atomic E-state index is 11.4. The van der Waals surface area contributed by atoms with E-state index in [4.69, 9.17) is 9.47 Å². The van der Waals surface area contributed by atoms with Gasteiger partial charge in [0, 0.05) is 13.2 Å². The maximum Gasteiger partial charge on any atom is 0.407 e. The molecule has 17 heavy (non-hydrogen) atoms. The van der Waals surface area contributed by atoms with E-state index in [9.17, 15) is 4.79 Å². The molecule has 100 valence electrons. The molecule has 1 aliphatic rings. The number of rotatable bonds is 7. The van der Waals surface area contributed by atoms with Gasteiger partial charge in [0.2, 0.25) is 0 Å². The van der Waals surface area contributed by atoms with Gasteiger partial charge >= 0.3 is 6.09 Å². The predicted molar refractivity (Wildman–Crippen MR) is 67.1 cm³/mol. The van der Waals surface area contributed by atoms with Crippen LogP contribution in [0, 0.1) is 0 Å². The molecule has 0 radical (unpaired) electrons. The van der Waals surface area contributed by atoms with Gasteiger partial charge in [-0.25, -0.2) is 4.79 Å². The molecule has 0 aromatic rings. The van der Waals surface area contributed by atoms with Crippen LogP contribution in [-0.2, 0) is 9.47 Å². The van der Waals surface area contributed by atoms with Gasteiger partial charge in [0.05, 0.1) is 6.61 Å². The van der Waals surface area contributed by atoms with E-state index >= 15 is 0 Å². The number of carbonyl (C=O) groups excluding carboxylic acids is 1. The van der Waals surface area contributed by atoms with E-state index in [1.54, 1.807) is 0 Å². The number of hydrogen-bond donors (Lipinski definition) is 1. The maximum absolute atomic E-state index is 11.4. The molecule has 0 aliphatic heterocycles. The summed E-state index contributed by atoms with van der Waals surface area (Å²) in [4.78, 5) is 11.4. The highest BCUT2D eigenvalue weighted by Crippen LogP contribution is 2.20. The van der Waals surface area contributed by atoms with Crippen LogP contribution in [0.1, 0.15) is 51.9 Å². The molecule has 0 unspecified atom stereocenters. The summed E-state index contributed by atoms with van der Waals surface area (Å²) < 4.78 is 10.7. The Labute approximate surface area is 104 Å². The zero-order chi connectivity index (χ0) is 12.3. The summed E-state index contributed by atoms with van der Waals surface area (Å²) >= 11 is 0. The van der Waals surface area contributed by atoms with Gasteiger partial charge < -0.3 is 14.8 Å². The minimum absolute atomic E-state index is 0.129. The minimum atomic E-state index is -0.295. The minimum Gasteiger partial charge on any atom is -0.446 e. The number of ether oxygens (including phenoxy) is 2. The summed E-state index contributed by atoms with van der Waals surface area (Å²) in [6, 6.07) is 0. The van der Waals surface area contributed by atoms with Crippen LogP contribution in [0.3, 0.4) is 0 Å². The van der Waals surface area contributed by atoms with Crippen LogP contribution in [0.2, 0.25) is 0 Å². The van der Waals surface area contributed by atoms with E-state index in [1.807, 2.05) is 0 Å². The van der Waals surface area contributed by atoms with Crippen LogP contribution in [0.5, 0.6) is 0 Å². The van der Waals surface area contributed by atoms with Crippen molar-refractivity contribution in [2.45, 2.75) is 58.0 Å². The molecule has 1 saturated carbocycles. The standard InChI is InChI=1S/C13H25NO3/c1-2-3-10-16-11-9-14-13(15)17-12-7-5-4-6-8-12/h12H,2-11H2,1H3,(H,14,15). The quantitative estimate of drug-likeness (QED) is 0.699. The Morgan fingerprint density at radius 1 is 1.24 bits per heavy atom. The van der Waals surface area contributed by atoms with Gasteiger partial charge in [-0.3, -0.25) is 0 Å². The second-order valence-corrected chi connectivity index (χ2v) is 4.56. The zero-order valence-electron chi connectivity index (χ0n) is 10.9. The van der Waals surface area contributed by atoms with Crippen LogP contribution in [0.25, 0.3) is 0 Å². The summed E-state index contributed by atoms with van der Waals surface area (Å²) in [7, 11) is 0. The zero-order valence-corrected chi connectivity index (χ0v) is 10.9. The van der Waals surface area contributed by atoms with Gasteiger partial charge in [0.1, 0.15) is 6.10 Å². The molecular weight excluding hydrogens is 218 g/mol. The number of nitrogens with one attached hydrogen (secondary N) is 1. The van der Waals surface area contributed by atoms with Gasteiger partial charge in [0.15, 0.2) is 0 Å². The fourth-order valence-electron chi connectivity index (χ4n) is 1.95. The molecule has 1 N–H and O–H groups in total. The third-order valence-corrected chi connectivity index (χ3v) is 2.98. The average molecular weight is 243 g/mol. The van der Waals surface area contributed by atoms with Crippen LogP contribution >= 0.6 is 0 Å². The highest BCUT2D eigenvalue weighted by molar-refractivity contribution is 5.67. The van der Waals surface area contributed by atoms with Crippen molar-refractivity contribution in [2.75, 3.05) is 19.8 Å². The lowest BCUT2D eigenvalue weighted by atomic mass is 9.98. The molecule has 0 atom stereocenters. The van der Waals surface area contributed by atoms with Crippen molar-refractivity contribution >= 4 is 6.09 Å². The van der Waals surface area contributed by atoms with Crippen molar-refractivity contribution in [1.29, 1.82) is 0 Å². The summed E-state index contributed by atoms with van der Waals surface area (Å²) in [5, 5.41) is 2.72. The van der Waals surface area contributed by atoms with Crippen molar-refractivity contribution in [3.8, 4) is 0 Å². The highest BCUT2D eigenvalue weighted by Gasteiger charge is 2.16. The van der Waals surface area contributed by atoms with E-state index in [-0.39, 0.29) is 12.2 Å². The Morgan fingerprint density at radius 2 is 2.00 bits per heavy atom. The number of carbonyl (C=O) groups is 1. The SMILES string of the molecule is CCCCOCCNC(=O)OC1CCCCC1. The van der Waals surface area contributed by atoms with E-state index in [0.717, 1.165) is 32.3 Å². The third-order valence-electron chi connectivity index (χ3n) is 2.98. The van der Waals surface area contributed by atoms with Crippen LogP contribution in [0.15, 0.2) is 0 Å². The molecule has 0 heterocycles. The first-order valence-electron chi connectivity index (χ1n) is 6.85. The second-order valence-electron chi connectivity index (χ2n) is 4.56. The predicted octanol–water partition coefficient (Wildman–Crippen LogP) is 2.86. The summed E-state index contributed by atoms with van der Waals surface area (Å²) in [5.74, 6) is 0. The Balaban J connectivity index is 1.93. The van der Waals surface area contributed by atoms with Crippen molar-refractivity contribution in [3.05, 3.63) is 0 Å². The Bertz CT molecular complexity index is 203. The molecule has 0 aromatic carbocycles. The van der Waals surface area contributed by atoms with Crippen LogP contribution in [0.4, 0.5) is 4.79 Å². The van der Waals surface area contributed by atoms with Crippen LogP contribution in [-0.4, -0.2) is 32.0 Å². The van der Waals surface area contributed by atoms with Gasteiger partial charge in [-0.1, -0.05) is 19.8 Å². The Kier molecular flexibility index (Phi) is 7.80. The monoisotopic (exact) mass is 243 g/mol. The lowest BCUT2D eigenvalue weighted by Crippen LogP contribution is -2.32. The van der Waals surface area contributed by atoms with Gasteiger partial charge in [-0.2, -0.15) is 0 Å². The number of alkyl carbamates (subject to hydrolysis) is 1. The molecule has 0 saturated heterocycles. The molecule has 0 spiro atoms. The van der Waals surface area contributed by atoms with E-state index in [0.29, 0.717) is 13.2 Å². The molecule has 0 aromatic heterocycles. The Hall–Kier alpha value is -0.770. The first-order valence-corrected chi connectivity index (χ1v) is 6.85. The molecule has 4 nitrogen and oxygen atoms in total. The molecule has 1 fully saturated rings. The van der Waals surface area contributed by atoms with Crippen LogP contribution < -0.4 is 5.32 Å². The fraction of sp³-hybridized carbons (Fsp3) is 0.923. The molecule has 1 aliphatic carbocycles.